The van der Waals surface area contributed by atoms with Gasteiger partial charge in [0.2, 0.25) is 0 Å². The number of aliphatic hydroxyl groups excluding tert-OH is 1. The molecule has 0 saturated carbocycles. The average Bonchev–Trinajstić information content (AvgIpc) is 2.74. The van der Waals surface area contributed by atoms with Crippen molar-refractivity contribution in [3.8, 4) is 23.3 Å². The first-order chi connectivity index (χ1) is 14.0. The van der Waals surface area contributed by atoms with E-state index in [4.69, 9.17) is 9.47 Å². The molecule has 2 aromatic rings. The second kappa shape index (κ2) is 12.2. The summed E-state index contributed by atoms with van der Waals surface area (Å²) in [7, 11) is 1.59. The highest BCUT2D eigenvalue weighted by molar-refractivity contribution is 9.10. The average molecular weight is 460 g/mol. The van der Waals surface area contributed by atoms with E-state index in [1.54, 1.807) is 31.4 Å². The van der Waals surface area contributed by atoms with Gasteiger partial charge in [-0.05, 0) is 48.2 Å². The Morgan fingerprint density at radius 1 is 1.17 bits per heavy atom. The molecule has 6 heteroatoms. The smallest absolute Gasteiger partial charge is 0.253 e. The number of methoxy groups -OCH3 is 1. The Hall–Kier alpha value is -2.49. The number of unbranched alkanes of at least 4 members (excludes halogenated alkanes) is 1. The molecule has 2 N–H and O–H groups in total. The number of hydrogen-bond acceptors (Lipinski definition) is 4. The molecule has 5 nitrogen and oxygen atoms in total. The van der Waals surface area contributed by atoms with Crippen molar-refractivity contribution < 1.29 is 19.4 Å². The minimum atomic E-state index is -1.19. The third kappa shape index (κ3) is 7.45. The van der Waals surface area contributed by atoms with E-state index in [9.17, 15) is 9.90 Å². The standard InChI is InChI=1S/C23H26BrNO4/c1-3-4-5-6-15-29-20-12-7-17(16-21(20)28-2)13-14-25-23(27)22(26)18-8-10-19(24)11-9-18/h7-12,16,22,26H,3-4,13-15H2,1-2H3,(H,25,27). The number of carbonyl (C=O) groups is 1. The molecule has 2 aromatic carbocycles. The molecule has 0 aliphatic heterocycles. The molecule has 1 unspecified atom stereocenters. The maximum absolute atomic E-state index is 12.2. The molecule has 0 bridgehead atoms. The first kappa shape index (κ1) is 22.8. The van der Waals surface area contributed by atoms with Crippen molar-refractivity contribution in [3.63, 3.8) is 0 Å². The predicted octanol–water partition coefficient (Wildman–Crippen LogP) is 4.03. The summed E-state index contributed by atoms with van der Waals surface area (Å²) in [5, 5.41) is 12.9. The molecular weight excluding hydrogens is 434 g/mol. The van der Waals surface area contributed by atoms with E-state index in [2.05, 4.69) is 40.0 Å². The molecule has 0 fully saturated rings. The molecule has 0 heterocycles. The third-order valence-electron chi connectivity index (χ3n) is 4.17. The molecule has 154 valence electrons. The first-order valence-corrected chi connectivity index (χ1v) is 10.3. The molecule has 29 heavy (non-hydrogen) atoms. The molecular formula is C23H26BrNO4. The van der Waals surface area contributed by atoms with Crippen LogP contribution in [0.2, 0.25) is 0 Å². The second-order valence-corrected chi connectivity index (χ2v) is 7.29. The number of benzene rings is 2. The highest BCUT2D eigenvalue weighted by Crippen LogP contribution is 2.28. The van der Waals surface area contributed by atoms with Crippen molar-refractivity contribution in [1.29, 1.82) is 0 Å². The van der Waals surface area contributed by atoms with Crippen LogP contribution in [-0.2, 0) is 11.2 Å². The Bertz CT molecular complexity index is 855. The van der Waals surface area contributed by atoms with Crippen LogP contribution in [0, 0.1) is 11.8 Å². The summed E-state index contributed by atoms with van der Waals surface area (Å²) < 4.78 is 11.9. The number of rotatable bonds is 9. The molecule has 0 aromatic heterocycles. The highest BCUT2D eigenvalue weighted by Gasteiger charge is 2.16. The number of aliphatic hydroxyl groups is 1. The van der Waals surface area contributed by atoms with Crippen LogP contribution in [0.5, 0.6) is 11.5 Å². The fourth-order valence-electron chi connectivity index (χ4n) is 2.59. The molecule has 1 atom stereocenters. The van der Waals surface area contributed by atoms with Crippen molar-refractivity contribution in [3.05, 3.63) is 58.1 Å². The summed E-state index contributed by atoms with van der Waals surface area (Å²) in [6, 6.07) is 12.7. The van der Waals surface area contributed by atoms with Gasteiger partial charge in [0.15, 0.2) is 17.6 Å². The fraction of sp³-hybridized carbons (Fsp3) is 0.348. The Labute approximate surface area is 180 Å². The van der Waals surface area contributed by atoms with Crippen LogP contribution in [-0.4, -0.2) is 31.3 Å². The number of ether oxygens (including phenoxy) is 2. The highest BCUT2D eigenvalue weighted by atomic mass is 79.9. The first-order valence-electron chi connectivity index (χ1n) is 9.51. The van der Waals surface area contributed by atoms with Crippen LogP contribution in [0.25, 0.3) is 0 Å². The summed E-state index contributed by atoms with van der Waals surface area (Å²) in [6.45, 7) is 2.80. The van der Waals surface area contributed by atoms with Crippen LogP contribution < -0.4 is 14.8 Å². The van der Waals surface area contributed by atoms with E-state index in [0.29, 0.717) is 36.6 Å². The molecule has 0 radical (unpaired) electrons. The lowest BCUT2D eigenvalue weighted by Gasteiger charge is -2.13. The topological polar surface area (TPSA) is 67.8 Å². The van der Waals surface area contributed by atoms with Gasteiger partial charge < -0.3 is 19.9 Å². The van der Waals surface area contributed by atoms with Crippen molar-refractivity contribution in [2.75, 3.05) is 20.3 Å². The van der Waals surface area contributed by atoms with E-state index in [-0.39, 0.29) is 0 Å². The van der Waals surface area contributed by atoms with E-state index in [0.717, 1.165) is 22.9 Å². The number of hydrogen-bond donors (Lipinski definition) is 2. The van der Waals surface area contributed by atoms with Gasteiger partial charge in [-0.1, -0.05) is 52.9 Å². The minimum Gasteiger partial charge on any atom is -0.493 e. The van der Waals surface area contributed by atoms with Gasteiger partial charge in [-0.2, -0.15) is 0 Å². The normalized spacial score (nSPS) is 11.2. The van der Waals surface area contributed by atoms with Crippen molar-refractivity contribution in [2.24, 2.45) is 0 Å². The minimum absolute atomic E-state index is 0.319. The zero-order valence-corrected chi connectivity index (χ0v) is 18.3. The number of nitrogens with one attached hydrogen (secondary N) is 1. The van der Waals surface area contributed by atoms with Crippen LogP contribution in [0.15, 0.2) is 46.9 Å². The van der Waals surface area contributed by atoms with Crippen molar-refractivity contribution in [2.45, 2.75) is 32.3 Å². The Balaban J connectivity index is 1.86. The quantitative estimate of drug-likeness (QED) is 0.555. The lowest BCUT2D eigenvalue weighted by atomic mass is 10.1. The lowest BCUT2D eigenvalue weighted by molar-refractivity contribution is -0.129. The molecule has 1 amide bonds. The maximum Gasteiger partial charge on any atom is 0.253 e. The van der Waals surface area contributed by atoms with Gasteiger partial charge in [-0.15, -0.1) is 0 Å². The molecule has 0 spiro atoms. The Morgan fingerprint density at radius 2 is 1.93 bits per heavy atom. The van der Waals surface area contributed by atoms with Gasteiger partial charge in [0.25, 0.3) is 5.91 Å². The van der Waals surface area contributed by atoms with Crippen LogP contribution in [0.4, 0.5) is 0 Å². The van der Waals surface area contributed by atoms with E-state index >= 15 is 0 Å². The number of carbonyl (C=O) groups excluding carboxylic acids is 1. The van der Waals surface area contributed by atoms with Gasteiger partial charge in [0, 0.05) is 17.4 Å². The van der Waals surface area contributed by atoms with E-state index < -0.39 is 12.0 Å². The van der Waals surface area contributed by atoms with Gasteiger partial charge in [-0.3, -0.25) is 4.79 Å². The van der Waals surface area contributed by atoms with E-state index in [1.807, 2.05) is 18.2 Å². The molecule has 0 aliphatic rings. The fourth-order valence-corrected chi connectivity index (χ4v) is 2.85. The number of halogens is 1. The zero-order chi connectivity index (χ0) is 21.1. The Morgan fingerprint density at radius 3 is 2.62 bits per heavy atom. The monoisotopic (exact) mass is 459 g/mol. The van der Waals surface area contributed by atoms with Crippen LogP contribution >= 0.6 is 15.9 Å². The van der Waals surface area contributed by atoms with Gasteiger partial charge >= 0.3 is 0 Å². The Kier molecular flexibility index (Phi) is 9.55. The van der Waals surface area contributed by atoms with Crippen LogP contribution in [0.3, 0.4) is 0 Å². The van der Waals surface area contributed by atoms with Gasteiger partial charge in [0.1, 0.15) is 6.61 Å². The summed E-state index contributed by atoms with van der Waals surface area (Å²) in [5.41, 5.74) is 1.54. The van der Waals surface area contributed by atoms with Crippen molar-refractivity contribution in [1.82, 2.24) is 5.32 Å². The summed E-state index contributed by atoms with van der Waals surface area (Å²) >= 11 is 3.33. The molecule has 0 aliphatic carbocycles. The maximum atomic E-state index is 12.2. The lowest BCUT2D eigenvalue weighted by Crippen LogP contribution is -2.30. The number of amides is 1. The second-order valence-electron chi connectivity index (χ2n) is 6.37. The summed E-state index contributed by atoms with van der Waals surface area (Å²) in [4.78, 5) is 12.2. The zero-order valence-electron chi connectivity index (χ0n) is 16.7. The summed E-state index contributed by atoms with van der Waals surface area (Å²) in [5.74, 6) is 6.85. The SMILES string of the molecule is CCCC#CCOc1ccc(CCNC(=O)C(O)c2ccc(Br)cc2)cc1OC. The summed E-state index contributed by atoms with van der Waals surface area (Å²) in [6.07, 6.45) is 1.30. The molecule has 0 saturated heterocycles. The van der Waals surface area contributed by atoms with E-state index in [1.165, 1.54) is 0 Å². The van der Waals surface area contributed by atoms with Crippen LogP contribution in [0.1, 0.15) is 37.0 Å². The van der Waals surface area contributed by atoms with Gasteiger partial charge in [0.05, 0.1) is 7.11 Å². The molecule has 2 rings (SSSR count). The van der Waals surface area contributed by atoms with Crippen molar-refractivity contribution >= 4 is 21.8 Å². The third-order valence-corrected chi connectivity index (χ3v) is 4.70. The largest absolute Gasteiger partial charge is 0.493 e. The van der Waals surface area contributed by atoms with Gasteiger partial charge in [-0.25, -0.2) is 0 Å². The predicted molar refractivity (Wildman–Crippen MR) is 117 cm³/mol.